The van der Waals surface area contributed by atoms with Crippen LogP contribution in [0.25, 0.3) is 0 Å². The molecule has 1 rings (SSSR count). The molecule has 1 aromatic heterocycles. The van der Waals surface area contributed by atoms with Gasteiger partial charge in [-0.25, -0.2) is 14.6 Å². The van der Waals surface area contributed by atoms with Crippen molar-refractivity contribution in [2.45, 2.75) is 12.2 Å². The fourth-order valence-electron chi connectivity index (χ4n) is 1.28. The summed E-state index contributed by atoms with van der Waals surface area (Å²) >= 11 is 5.52. The molecule has 0 aliphatic rings. The minimum Gasteiger partial charge on any atom is -0.478 e. The van der Waals surface area contributed by atoms with E-state index in [0.717, 1.165) is 19.4 Å². The highest BCUT2D eigenvalue weighted by Gasteiger charge is 2.30. The fraction of sp³-hybridized carbons (Fsp3) is 0.300. The molecule has 0 bridgehead atoms. The molecule has 1 heterocycles. The van der Waals surface area contributed by atoms with E-state index in [1.54, 1.807) is 0 Å². The number of halogens is 1. The molecule has 8 heteroatoms. The van der Waals surface area contributed by atoms with Crippen molar-refractivity contribution >= 4 is 23.5 Å². The third-order valence-corrected chi connectivity index (χ3v) is 2.40. The largest absolute Gasteiger partial charge is 0.478 e. The van der Waals surface area contributed by atoms with E-state index in [2.05, 4.69) is 9.72 Å². The van der Waals surface area contributed by atoms with Crippen molar-refractivity contribution < 1.29 is 29.6 Å². The second-order valence-electron chi connectivity index (χ2n) is 3.31. The molecular formula is C10H10ClNO6. The maximum atomic E-state index is 11.0. The van der Waals surface area contributed by atoms with E-state index in [9.17, 15) is 19.8 Å². The summed E-state index contributed by atoms with van der Waals surface area (Å²) in [6.07, 6.45) is -2.70. The Kier molecular flexibility index (Phi) is 4.60. The van der Waals surface area contributed by atoms with Crippen LogP contribution in [0.1, 0.15) is 22.0 Å². The molecule has 7 nitrogen and oxygen atoms in total. The summed E-state index contributed by atoms with van der Waals surface area (Å²) in [6, 6.07) is 1.01. The van der Waals surface area contributed by atoms with Crippen molar-refractivity contribution in [3.8, 4) is 0 Å². The Morgan fingerprint density at radius 2 is 2.06 bits per heavy atom. The zero-order valence-electron chi connectivity index (χ0n) is 9.20. The smallest absolute Gasteiger partial charge is 0.337 e. The van der Waals surface area contributed by atoms with E-state index in [4.69, 9.17) is 16.7 Å². The van der Waals surface area contributed by atoms with Gasteiger partial charge in [-0.15, -0.1) is 0 Å². The molecule has 2 atom stereocenters. The molecule has 1 aromatic rings. The first-order valence-corrected chi connectivity index (χ1v) is 5.09. The van der Waals surface area contributed by atoms with Crippen LogP contribution < -0.4 is 0 Å². The SMILES string of the molecule is COC(=O)C(O)C(O)c1cnc(Cl)cc1C(=O)O. The Labute approximate surface area is 107 Å². The monoisotopic (exact) mass is 275 g/mol. The highest BCUT2D eigenvalue weighted by molar-refractivity contribution is 6.29. The highest BCUT2D eigenvalue weighted by atomic mass is 35.5. The van der Waals surface area contributed by atoms with Gasteiger partial charge in [-0.1, -0.05) is 11.6 Å². The number of carbonyl (C=O) groups is 2. The number of nitrogens with zero attached hydrogens (tertiary/aromatic N) is 1. The number of carboxylic acids is 1. The Bertz CT molecular complexity index is 477. The first kappa shape index (κ1) is 14.4. The van der Waals surface area contributed by atoms with Crippen molar-refractivity contribution in [1.29, 1.82) is 0 Å². The number of methoxy groups -OCH3 is 1. The molecule has 0 amide bonds. The number of hydrogen-bond acceptors (Lipinski definition) is 6. The number of esters is 1. The third-order valence-electron chi connectivity index (χ3n) is 2.19. The van der Waals surface area contributed by atoms with Crippen LogP contribution in [0.15, 0.2) is 12.3 Å². The lowest BCUT2D eigenvalue weighted by molar-refractivity contribution is -0.156. The summed E-state index contributed by atoms with van der Waals surface area (Å²) < 4.78 is 4.24. The Hall–Kier alpha value is -1.70. The van der Waals surface area contributed by atoms with Crippen LogP contribution in [0, 0.1) is 0 Å². The van der Waals surface area contributed by atoms with Crippen LogP contribution in [0.3, 0.4) is 0 Å². The third kappa shape index (κ3) is 2.95. The van der Waals surface area contributed by atoms with E-state index in [1.165, 1.54) is 0 Å². The summed E-state index contributed by atoms with van der Waals surface area (Å²) in [5.74, 6) is -2.46. The van der Waals surface area contributed by atoms with E-state index in [0.29, 0.717) is 0 Å². The molecule has 0 aliphatic carbocycles. The molecule has 0 radical (unpaired) electrons. The summed E-state index contributed by atoms with van der Waals surface area (Å²) in [4.78, 5) is 25.6. The van der Waals surface area contributed by atoms with E-state index < -0.39 is 24.1 Å². The van der Waals surface area contributed by atoms with Gasteiger partial charge in [0.1, 0.15) is 11.3 Å². The van der Waals surface area contributed by atoms with Crippen molar-refractivity contribution in [1.82, 2.24) is 4.98 Å². The van der Waals surface area contributed by atoms with Crippen molar-refractivity contribution in [3.63, 3.8) is 0 Å². The van der Waals surface area contributed by atoms with Gasteiger partial charge in [0.15, 0.2) is 6.10 Å². The molecule has 0 saturated carbocycles. The van der Waals surface area contributed by atoms with Crippen molar-refractivity contribution in [3.05, 3.63) is 28.5 Å². The zero-order chi connectivity index (χ0) is 13.9. The minimum atomic E-state index is -1.91. The van der Waals surface area contributed by atoms with Gasteiger partial charge in [-0.2, -0.15) is 0 Å². The van der Waals surface area contributed by atoms with Crippen LogP contribution >= 0.6 is 11.6 Å². The average Bonchev–Trinajstić information content (AvgIpc) is 2.35. The van der Waals surface area contributed by atoms with Crippen LogP contribution in [-0.2, 0) is 9.53 Å². The molecule has 18 heavy (non-hydrogen) atoms. The maximum Gasteiger partial charge on any atom is 0.337 e. The van der Waals surface area contributed by atoms with Gasteiger partial charge in [-0.05, 0) is 6.07 Å². The number of aliphatic hydroxyl groups is 2. The minimum absolute atomic E-state index is 0.0871. The second kappa shape index (κ2) is 5.76. The molecular weight excluding hydrogens is 266 g/mol. The molecule has 2 unspecified atom stereocenters. The number of aromatic carboxylic acids is 1. The number of carbonyl (C=O) groups excluding carboxylic acids is 1. The van der Waals surface area contributed by atoms with Crippen molar-refractivity contribution in [2.75, 3.05) is 7.11 Å². The number of carboxylic acid groups (broad SMARTS) is 1. The topological polar surface area (TPSA) is 117 Å². The van der Waals surface area contributed by atoms with Crippen LogP contribution in [-0.4, -0.2) is 45.5 Å². The van der Waals surface area contributed by atoms with Gasteiger partial charge in [0, 0.05) is 11.8 Å². The first-order chi connectivity index (χ1) is 8.38. The van der Waals surface area contributed by atoms with E-state index >= 15 is 0 Å². The molecule has 0 saturated heterocycles. The molecule has 0 spiro atoms. The zero-order valence-corrected chi connectivity index (χ0v) is 9.96. The van der Waals surface area contributed by atoms with Gasteiger partial charge in [0.2, 0.25) is 0 Å². The molecule has 0 fully saturated rings. The standard InChI is InChI=1S/C10H10ClNO6/c1-18-10(17)8(14)7(13)5-3-12-6(11)2-4(5)9(15)16/h2-3,7-8,13-14H,1H3,(H,15,16). The van der Waals surface area contributed by atoms with Gasteiger partial charge in [-0.3, -0.25) is 0 Å². The molecule has 0 aromatic carbocycles. The number of aliphatic hydroxyl groups excluding tert-OH is 2. The lowest BCUT2D eigenvalue weighted by Gasteiger charge is -2.17. The molecule has 0 aliphatic heterocycles. The maximum absolute atomic E-state index is 11.0. The quantitative estimate of drug-likeness (QED) is 0.523. The van der Waals surface area contributed by atoms with E-state index in [-0.39, 0.29) is 16.3 Å². The van der Waals surface area contributed by atoms with Gasteiger partial charge >= 0.3 is 11.9 Å². The van der Waals surface area contributed by atoms with Crippen LogP contribution in [0.2, 0.25) is 5.15 Å². The highest BCUT2D eigenvalue weighted by Crippen LogP contribution is 2.23. The van der Waals surface area contributed by atoms with Gasteiger partial charge in [0.25, 0.3) is 0 Å². The lowest BCUT2D eigenvalue weighted by atomic mass is 10.0. The molecule has 3 N–H and O–H groups in total. The summed E-state index contributed by atoms with van der Waals surface area (Å²) in [5.41, 5.74) is -0.588. The Morgan fingerprint density at radius 3 is 2.56 bits per heavy atom. The number of aromatic nitrogens is 1. The predicted molar refractivity (Wildman–Crippen MR) is 59.2 cm³/mol. The van der Waals surface area contributed by atoms with Crippen LogP contribution in [0.5, 0.6) is 0 Å². The number of hydrogen-bond donors (Lipinski definition) is 3. The van der Waals surface area contributed by atoms with E-state index in [1.807, 2.05) is 0 Å². The Morgan fingerprint density at radius 1 is 1.44 bits per heavy atom. The van der Waals surface area contributed by atoms with Crippen molar-refractivity contribution in [2.24, 2.45) is 0 Å². The normalized spacial score (nSPS) is 13.8. The fourth-order valence-corrected chi connectivity index (χ4v) is 1.44. The summed E-state index contributed by atoms with van der Waals surface area (Å²) in [7, 11) is 1.02. The number of ether oxygens (including phenoxy) is 1. The molecule has 98 valence electrons. The number of rotatable bonds is 4. The van der Waals surface area contributed by atoms with Gasteiger partial charge < -0.3 is 20.1 Å². The lowest BCUT2D eigenvalue weighted by Crippen LogP contribution is -2.30. The summed E-state index contributed by atoms with van der Waals surface area (Å²) in [6.45, 7) is 0. The van der Waals surface area contributed by atoms with Gasteiger partial charge in [0.05, 0.1) is 12.7 Å². The first-order valence-electron chi connectivity index (χ1n) is 4.71. The average molecular weight is 276 g/mol. The Balaban J connectivity index is 3.16. The summed E-state index contributed by atoms with van der Waals surface area (Å²) in [5, 5.41) is 28.0. The predicted octanol–water partition coefficient (Wildman–Crippen LogP) is 0.000500. The number of pyridine rings is 1. The van der Waals surface area contributed by atoms with Crippen LogP contribution in [0.4, 0.5) is 0 Å². The second-order valence-corrected chi connectivity index (χ2v) is 3.70.